The summed E-state index contributed by atoms with van der Waals surface area (Å²) in [7, 11) is 7.65. The Hall–Kier alpha value is -0.0100. The summed E-state index contributed by atoms with van der Waals surface area (Å²) in [5.41, 5.74) is 0. The molecule has 0 saturated carbocycles. The van der Waals surface area contributed by atoms with Gasteiger partial charge in [0.05, 0.1) is 48.9 Å². The van der Waals surface area contributed by atoms with Gasteiger partial charge in [-0.2, -0.15) is 0 Å². The van der Waals surface area contributed by atoms with Crippen LogP contribution in [-0.2, 0) is 9.09 Å². The van der Waals surface area contributed by atoms with Gasteiger partial charge in [0.15, 0.2) is 0 Å². The number of rotatable bonds is 6. The number of phosphoric ester groups is 1. The zero-order valence-electron chi connectivity index (χ0n) is 12.3. The molecule has 0 aromatic rings. The Bertz CT molecular complexity index is 254. The van der Waals surface area contributed by atoms with Crippen LogP contribution in [0.2, 0.25) is 0 Å². The minimum absolute atomic E-state index is 0.0772. The lowest BCUT2D eigenvalue weighted by Gasteiger charge is -2.23. The molecular weight excluding hydrogens is 259 g/mol. The third kappa shape index (κ3) is 25.0. The highest BCUT2D eigenvalue weighted by Crippen LogP contribution is 2.35. The van der Waals surface area contributed by atoms with Crippen molar-refractivity contribution in [2.75, 3.05) is 68.6 Å². The molecule has 7 nitrogen and oxygen atoms in total. The van der Waals surface area contributed by atoms with Crippen LogP contribution in [0.3, 0.4) is 0 Å². The summed E-state index contributed by atoms with van der Waals surface area (Å²) in [5.74, 6) is 0. The van der Waals surface area contributed by atoms with E-state index in [-0.39, 0.29) is 13.2 Å². The van der Waals surface area contributed by atoms with E-state index in [4.69, 9.17) is 14.9 Å². The molecule has 0 aliphatic carbocycles. The van der Waals surface area contributed by atoms with Gasteiger partial charge >= 0.3 is 7.82 Å². The number of aliphatic hydroxyl groups is 1. The fourth-order valence-corrected chi connectivity index (χ4v) is 1.05. The minimum Gasteiger partial charge on any atom is -0.391 e. The molecule has 0 atom stereocenters. The molecule has 0 aromatic carbocycles. The van der Waals surface area contributed by atoms with Gasteiger partial charge in [0.1, 0.15) is 19.7 Å². The van der Waals surface area contributed by atoms with Gasteiger partial charge in [-0.1, -0.05) is 0 Å². The molecule has 0 heterocycles. The first-order valence-corrected chi connectivity index (χ1v) is 7.22. The van der Waals surface area contributed by atoms with E-state index in [1.807, 2.05) is 21.1 Å². The van der Waals surface area contributed by atoms with Crippen molar-refractivity contribution in [3.05, 3.63) is 0 Å². The van der Waals surface area contributed by atoms with Crippen LogP contribution in [-0.4, -0.2) is 92.4 Å². The van der Waals surface area contributed by atoms with E-state index >= 15 is 0 Å². The maximum Gasteiger partial charge on any atom is 0.469 e. The van der Waals surface area contributed by atoms with Crippen molar-refractivity contribution in [2.24, 2.45) is 0 Å². The number of likely N-dealkylation sites (N-methyl/N-ethyl adjacent to an activating group) is 2. The summed E-state index contributed by atoms with van der Waals surface area (Å²) in [6.45, 7) is 1.77. The van der Waals surface area contributed by atoms with Gasteiger partial charge in [-0.05, 0) is 0 Å². The third-order valence-corrected chi connectivity index (χ3v) is 2.31. The molecular formula is C10H29N2O5P+2. The van der Waals surface area contributed by atoms with Crippen LogP contribution >= 0.6 is 7.82 Å². The Morgan fingerprint density at radius 3 is 1.50 bits per heavy atom. The average molecular weight is 288 g/mol. The maximum absolute atomic E-state index is 10.2. The van der Waals surface area contributed by atoms with Crippen molar-refractivity contribution in [1.29, 1.82) is 0 Å². The molecule has 112 valence electrons. The quantitative estimate of drug-likeness (QED) is 0.452. The van der Waals surface area contributed by atoms with Gasteiger partial charge in [-0.25, -0.2) is 4.57 Å². The second-order valence-electron chi connectivity index (χ2n) is 6.08. The van der Waals surface area contributed by atoms with Gasteiger partial charge in [0.25, 0.3) is 0 Å². The highest BCUT2D eigenvalue weighted by molar-refractivity contribution is 7.46. The smallest absolute Gasteiger partial charge is 0.391 e. The summed E-state index contributed by atoms with van der Waals surface area (Å²) >= 11 is 0. The minimum atomic E-state index is -4.26. The van der Waals surface area contributed by atoms with Gasteiger partial charge in [0, 0.05) is 0 Å². The number of nitrogens with zero attached hydrogens (tertiary/aromatic N) is 2. The maximum atomic E-state index is 10.2. The lowest BCUT2D eigenvalue weighted by Crippen LogP contribution is -2.37. The predicted octanol–water partition coefficient (Wildman–Crippen LogP) is -0.513. The molecule has 0 aliphatic heterocycles. The number of quaternary nitrogens is 2. The fourth-order valence-electron chi connectivity index (χ4n) is 0.734. The van der Waals surface area contributed by atoms with Crippen molar-refractivity contribution >= 4 is 7.82 Å². The lowest BCUT2D eigenvalue weighted by molar-refractivity contribution is -0.870. The predicted molar refractivity (Wildman–Crippen MR) is 70.9 cm³/mol. The lowest BCUT2D eigenvalue weighted by atomic mass is 10.5. The summed E-state index contributed by atoms with van der Waals surface area (Å²) < 4.78 is 15.9. The first kappa shape index (κ1) is 20.3. The highest BCUT2D eigenvalue weighted by Gasteiger charge is 2.15. The van der Waals surface area contributed by atoms with E-state index in [1.54, 1.807) is 0 Å². The summed E-state index contributed by atoms with van der Waals surface area (Å²) in [4.78, 5) is 16.6. The van der Waals surface area contributed by atoms with E-state index in [0.717, 1.165) is 11.0 Å². The average Bonchev–Trinajstić information content (AvgIpc) is 1.96. The van der Waals surface area contributed by atoms with Gasteiger partial charge < -0.3 is 23.9 Å². The number of hydrogen-bond acceptors (Lipinski definition) is 3. The molecule has 0 unspecified atom stereocenters. The van der Waals surface area contributed by atoms with E-state index in [9.17, 15) is 4.57 Å². The molecule has 0 aromatic heterocycles. The summed E-state index contributed by atoms with van der Waals surface area (Å²) in [5, 5.41) is 8.39. The second-order valence-corrected chi connectivity index (χ2v) is 7.31. The summed E-state index contributed by atoms with van der Waals surface area (Å²) in [6.07, 6.45) is 0. The molecule has 8 heteroatoms. The molecule has 3 N–H and O–H groups in total. The first-order chi connectivity index (χ1) is 7.77. The van der Waals surface area contributed by atoms with Crippen molar-refractivity contribution in [3.63, 3.8) is 0 Å². The van der Waals surface area contributed by atoms with Crippen molar-refractivity contribution < 1.29 is 32.9 Å². The second kappa shape index (κ2) is 8.22. The molecule has 0 radical (unpaired) electrons. The monoisotopic (exact) mass is 288 g/mol. The summed E-state index contributed by atoms with van der Waals surface area (Å²) in [6, 6.07) is 0. The zero-order valence-corrected chi connectivity index (χ0v) is 13.2. The van der Waals surface area contributed by atoms with Gasteiger partial charge in [-0.3, -0.25) is 4.52 Å². The number of aliphatic hydroxyl groups excluding tert-OH is 1. The molecule has 0 saturated heterocycles. The van der Waals surface area contributed by atoms with Gasteiger partial charge in [0.2, 0.25) is 0 Å². The Balaban J connectivity index is 0. The van der Waals surface area contributed by atoms with E-state index < -0.39 is 7.82 Å². The van der Waals surface area contributed by atoms with E-state index in [0.29, 0.717) is 11.0 Å². The SMILES string of the molecule is C[N+](C)(C)CCO.C[N+](C)(C)CCOP(=O)(O)O. The molecule has 0 spiro atoms. The Labute approximate surface area is 110 Å². The molecule has 18 heavy (non-hydrogen) atoms. The molecule has 0 bridgehead atoms. The fraction of sp³-hybridized carbons (Fsp3) is 1.00. The van der Waals surface area contributed by atoms with Crippen molar-refractivity contribution in [2.45, 2.75) is 0 Å². The molecule has 0 aliphatic rings. The van der Waals surface area contributed by atoms with Crippen LogP contribution in [0.1, 0.15) is 0 Å². The number of phosphoric acid groups is 1. The zero-order chi connectivity index (χ0) is 15.0. The normalized spacial score (nSPS) is 12.9. The topological polar surface area (TPSA) is 87.0 Å². The highest BCUT2D eigenvalue weighted by atomic mass is 31.2. The Kier molecular flexibility index (Phi) is 9.27. The molecule has 0 rings (SSSR count). The van der Waals surface area contributed by atoms with Crippen LogP contribution < -0.4 is 0 Å². The number of hydrogen-bond donors (Lipinski definition) is 3. The van der Waals surface area contributed by atoms with Crippen LogP contribution in [0.5, 0.6) is 0 Å². The van der Waals surface area contributed by atoms with Crippen molar-refractivity contribution in [1.82, 2.24) is 0 Å². The third-order valence-electron chi connectivity index (χ3n) is 1.79. The standard InChI is InChI=1S/C5H14NO4P.C5H14NO/c1-6(2,3)4-5-10-11(7,8)9;1-6(2,3)4-5-7/h4-5H2,1-3H3,(H-,7,8,9);7H,4-5H2,1-3H3/q;+1/p+1. The van der Waals surface area contributed by atoms with Crippen LogP contribution in [0.25, 0.3) is 0 Å². The first-order valence-electron chi connectivity index (χ1n) is 5.69. The van der Waals surface area contributed by atoms with Gasteiger partial charge in [-0.15, -0.1) is 0 Å². The van der Waals surface area contributed by atoms with E-state index in [1.165, 1.54) is 0 Å². The molecule has 0 fully saturated rings. The largest absolute Gasteiger partial charge is 0.469 e. The van der Waals surface area contributed by atoms with Crippen LogP contribution in [0, 0.1) is 0 Å². The van der Waals surface area contributed by atoms with Crippen LogP contribution in [0.15, 0.2) is 0 Å². The Morgan fingerprint density at radius 2 is 1.33 bits per heavy atom. The Morgan fingerprint density at radius 1 is 0.944 bits per heavy atom. The van der Waals surface area contributed by atoms with Crippen molar-refractivity contribution in [3.8, 4) is 0 Å². The van der Waals surface area contributed by atoms with E-state index in [2.05, 4.69) is 25.7 Å². The molecule has 0 amide bonds. The van der Waals surface area contributed by atoms with Crippen LogP contribution in [0.4, 0.5) is 0 Å².